The van der Waals surface area contributed by atoms with E-state index in [1.165, 1.54) is 20.7 Å². The fourth-order valence-corrected chi connectivity index (χ4v) is 17.6. The summed E-state index contributed by atoms with van der Waals surface area (Å²) in [5.74, 6) is -0.0250. The maximum absolute atomic E-state index is 12.7. The van der Waals surface area contributed by atoms with E-state index < -0.39 is 16.6 Å². The first-order chi connectivity index (χ1) is 22.0. The average Bonchev–Trinajstić information content (AvgIpc) is 3.56. The molecule has 2 fully saturated rings. The highest BCUT2D eigenvalue weighted by molar-refractivity contribution is 7.00. The van der Waals surface area contributed by atoms with Crippen molar-refractivity contribution in [3.05, 3.63) is 121 Å². The quantitative estimate of drug-likeness (QED) is 0.154. The minimum atomic E-state index is -2.85. The molecule has 0 aromatic heterocycles. The number of rotatable bonds is 9. The highest BCUT2D eigenvalue weighted by Gasteiger charge is 2.58. The third kappa shape index (κ3) is 5.74. The second kappa shape index (κ2) is 12.7. The highest BCUT2D eigenvalue weighted by Crippen LogP contribution is 2.48. The molecule has 1 aliphatic heterocycles. The van der Waals surface area contributed by atoms with Gasteiger partial charge in [0.25, 0.3) is 16.6 Å². The Morgan fingerprint density at radius 3 is 1.41 bits per heavy atom. The Morgan fingerprint density at radius 2 is 1.02 bits per heavy atom. The van der Waals surface area contributed by atoms with Crippen molar-refractivity contribution in [1.29, 1.82) is 0 Å². The van der Waals surface area contributed by atoms with Crippen LogP contribution in [0.3, 0.4) is 0 Å². The first kappa shape index (κ1) is 32.6. The van der Waals surface area contributed by atoms with Crippen LogP contribution >= 0.6 is 0 Å². The van der Waals surface area contributed by atoms with Crippen LogP contribution in [0.4, 0.5) is 0 Å². The van der Waals surface area contributed by atoms with Gasteiger partial charge in [0, 0.05) is 24.9 Å². The zero-order valence-electron chi connectivity index (χ0n) is 28.1. The third-order valence-electron chi connectivity index (χ3n) is 10.3. The molecule has 4 unspecified atom stereocenters. The summed E-state index contributed by atoms with van der Waals surface area (Å²) in [7, 11) is -5.65. The van der Waals surface area contributed by atoms with E-state index in [4.69, 9.17) is 13.6 Å². The van der Waals surface area contributed by atoms with E-state index in [1.807, 2.05) is 0 Å². The van der Waals surface area contributed by atoms with E-state index in [-0.39, 0.29) is 40.1 Å². The van der Waals surface area contributed by atoms with Gasteiger partial charge in [-0.25, -0.2) is 0 Å². The fraction of sp³-hybridized carbons (Fsp3) is 0.375. The molecule has 0 N–H and O–H groups in total. The predicted molar refractivity (Wildman–Crippen MR) is 192 cm³/mol. The largest absolute Gasteiger partial charge is 0.462 e. The summed E-state index contributed by atoms with van der Waals surface area (Å²) in [6.45, 7) is 14.4. The Kier molecular flexibility index (Phi) is 9.02. The molecule has 46 heavy (non-hydrogen) atoms. The minimum absolute atomic E-state index is 0.0137. The van der Waals surface area contributed by atoms with Crippen LogP contribution in [-0.2, 0) is 18.4 Å². The average molecular weight is 649 g/mol. The lowest BCUT2D eigenvalue weighted by molar-refractivity contribution is -0.141. The summed E-state index contributed by atoms with van der Waals surface area (Å²) in [6, 6.07) is 43.2. The monoisotopic (exact) mass is 648 g/mol. The van der Waals surface area contributed by atoms with Gasteiger partial charge in [0.2, 0.25) is 0 Å². The molecular formula is C40H48O4Si2. The Balaban J connectivity index is 1.45. The van der Waals surface area contributed by atoms with Crippen molar-refractivity contribution in [2.24, 2.45) is 11.8 Å². The number of benzene rings is 4. The van der Waals surface area contributed by atoms with E-state index in [2.05, 4.69) is 163 Å². The molecule has 6 heteroatoms. The second-order valence-corrected chi connectivity index (χ2v) is 23.6. The lowest BCUT2D eigenvalue weighted by Gasteiger charge is -2.47. The summed E-state index contributed by atoms with van der Waals surface area (Å²) < 4.78 is 21.3. The van der Waals surface area contributed by atoms with Crippen LogP contribution in [-0.4, -0.2) is 41.4 Å². The van der Waals surface area contributed by atoms with Crippen molar-refractivity contribution >= 4 is 43.4 Å². The van der Waals surface area contributed by atoms with Crippen LogP contribution in [0.5, 0.6) is 0 Å². The van der Waals surface area contributed by atoms with Gasteiger partial charge in [-0.1, -0.05) is 163 Å². The molecular weight excluding hydrogens is 601 g/mol. The summed E-state index contributed by atoms with van der Waals surface area (Å²) in [6.07, 6.45) is 0.839. The number of ether oxygens (including phenoxy) is 1. The Hall–Kier alpha value is -3.30. The molecule has 0 bridgehead atoms. The summed E-state index contributed by atoms with van der Waals surface area (Å²) in [4.78, 5) is 12.7. The first-order valence-electron chi connectivity index (χ1n) is 16.7. The van der Waals surface area contributed by atoms with Crippen molar-refractivity contribution < 1.29 is 18.4 Å². The fourth-order valence-electron chi connectivity index (χ4n) is 8.23. The summed E-state index contributed by atoms with van der Waals surface area (Å²) in [5, 5.41) is 4.72. The maximum Gasteiger partial charge on any atom is 0.306 e. The predicted octanol–water partition coefficient (Wildman–Crippen LogP) is 6.46. The van der Waals surface area contributed by atoms with Crippen LogP contribution < -0.4 is 20.7 Å². The Bertz CT molecular complexity index is 1520. The minimum Gasteiger partial charge on any atom is -0.462 e. The first-order valence-corrected chi connectivity index (χ1v) is 20.5. The van der Waals surface area contributed by atoms with E-state index in [0.717, 1.165) is 0 Å². The zero-order valence-corrected chi connectivity index (χ0v) is 30.1. The van der Waals surface area contributed by atoms with Crippen molar-refractivity contribution in [3.63, 3.8) is 0 Å². The van der Waals surface area contributed by atoms with Gasteiger partial charge in [-0.15, -0.1) is 0 Å². The van der Waals surface area contributed by atoms with Gasteiger partial charge in [-0.05, 0) is 30.8 Å². The lowest BCUT2D eigenvalue weighted by Crippen LogP contribution is -2.68. The molecule has 0 amide bonds. The van der Waals surface area contributed by atoms with E-state index >= 15 is 0 Å². The highest BCUT2D eigenvalue weighted by atomic mass is 28.4. The Morgan fingerprint density at radius 1 is 0.630 bits per heavy atom. The smallest absolute Gasteiger partial charge is 0.306 e. The van der Waals surface area contributed by atoms with Gasteiger partial charge in [-0.3, -0.25) is 4.79 Å². The maximum atomic E-state index is 12.7. The SMILES string of the molecule is CC(C)(C)[Si](OCC1C(O[Si](c2ccccc2)(c2ccccc2)C(C)(C)C)CC2OC(=O)CC21)(c1ccccc1)c1ccccc1. The van der Waals surface area contributed by atoms with Gasteiger partial charge < -0.3 is 13.6 Å². The van der Waals surface area contributed by atoms with E-state index in [1.54, 1.807) is 0 Å². The molecule has 0 radical (unpaired) electrons. The molecule has 1 aliphatic carbocycles. The molecule has 240 valence electrons. The van der Waals surface area contributed by atoms with E-state index in [9.17, 15) is 4.79 Å². The van der Waals surface area contributed by atoms with Crippen LogP contribution in [0.1, 0.15) is 54.4 Å². The normalized spacial score (nSPS) is 22.0. The van der Waals surface area contributed by atoms with Gasteiger partial charge in [0.15, 0.2) is 0 Å². The molecule has 0 spiro atoms. The van der Waals surface area contributed by atoms with Crippen LogP contribution in [0.2, 0.25) is 10.1 Å². The lowest BCUT2D eigenvalue weighted by atomic mass is 9.93. The molecule has 4 nitrogen and oxygen atoms in total. The van der Waals surface area contributed by atoms with Crippen LogP contribution in [0.25, 0.3) is 0 Å². The summed E-state index contributed by atoms with van der Waals surface area (Å²) >= 11 is 0. The van der Waals surface area contributed by atoms with Crippen molar-refractivity contribution in [3.8, 4) is 0 Å². The molecule has 1 saturated heterocycles. The molecule has 4 aromatic rings. The van der Waals surface area contributed by atoms with Crippen molar-refractivity contribution in [2.45, 2.75) is 76.7 Å². The van der Waals surface area contributed by atoms with Gasteiger partial charge in [-0.2, -0.15) is 0 Å². The number of hydrogen-bond acceptors (Lipinski definition) is 4. The number of carbonyl (C=O) groups is 1. The second-order valence-electron chi connectivity index (χ2n) is 15.1. The molecule has 6 rings (SSSR count). The topological polar surface area (TPSA) is 44.8 Å². The Labute approximate surface area is 277 Å². The number of carbonyl (C=O) groups excluding carboxylic acids is 1. The molecule has 4 atom stereocenters. The summed E-state index contributed by atoms with van der Waals surface area (Å²) in [5.41, 5.74) is 0. The molecule has 2 aliphatic rings. The van der Waals surface area contributed by atoms with Crippen LogP contribution in [0, 0.1) is 11.8 Å². The van der Waals surface area contributed by atoms with E-state index in [0.29, 0.717) is 19.4 Å². The number of hydrogen-bond donors (Lipinski definition) is 0. The molecule has 1 heterocycles. The third-order valence-corrected chi connectivity index (χ3v) is 20.4. The zero-order chi connectivity index (χ0) is 32.6. The number of fused-ring (bicyclic) bond motifs is 1. The van der Waals surface area contributed by atoms with Gasteiger partial charge >= 0.3 is 5.97 Å². The van der Waals surface area contributed by atoms with Crippen molar-refractivity contribution in [2.75, 3.05) is 6.61 Å². The van der Waals surface area contributed by atoms with Gasteiger partial charge in [0.1, 0.15) is 6.10 Å². The molecule has 1 saturated carbocycles. The van der Waals surface area contributed by atoms with Gasteiger partial charge in [0.05, 0.1) is 12.5 Å². The number of esters is 1. The standard InChI is InChI=1S/C40H48O4Si2/c1-39(2,3)45(30-19-11-7-12-20-30,31-21-13-8-14-22-31)42-29-35-34-27-38(41)43-36(34)28-37(35)44-46(40(4,5)6,32-23-15-9-16-24-32)33-25-17-10-18-26-33/h7-26,34-37H,27-29H2,1-6H3. The van der Waals surface area contributed by atoms with Crippen molar-refractivity contribution in [1.82, 2.24) is 0 Å². The molecule has 4 aromatic carbocycles. The van der Waals surface area contributed by atoms with Crippen LogP contribution in [0.15, 0.2) is 121 Å².